The highest BCUT2D eigenvalue weighted by Gasteiger charge is 2.37. The van der Waals surface area contributed by atoms with Crippen molar-refractivity contribution in [3.8, 4) is 23.0 Å². The smallest absolute Gasteiger partial charge is 0.305 e. The van der Waals surface area contributed by atoms with Gasteiger partial charge in [-0.15, -0.1) is 23.5 Å². The molecule has 0 fully saturated rings. The van der Waals surface area contributed by atoms with E-state index in [-0.39, 0.29) is 29.0 Å². The summed E-state index contributed by atoms with van der Waals surface area (Å²) in [6.07, 6.45) is -0.620. The molecule has 1 amide bonds. The molecule has 4 N–H and O–H groups in total. The fraction of sp³-hybridized carbons (Fsp3) is 0.263. The van der Waals surface area contributed by atoms with Gasteiger partial charge in [-0.3, -0.25) is 14.4 Å². The minimum absolute atomic E-state index is 0.155. The quantitative estimate of drug-likeness (QED) is 0.112. The highest BCUT2D eigenvalue weighted by atomic mass is 35.5. The molecule has 2 heterocycles. The van der Waals surface area contributed by atoms with Crippen molar-refractivity contribution in [3.05, 3.63) is 105 Å². The van der Waals surface area contributed by atoms with Crippen molar-refractivity contribution in [1.82, 2.24) is 0 Å². The Balaban J connectivity index is 0.000000214. The van der Waals surface area contributed by atoms with Gasteiger partial charge in [-0.25, -0.2) is 8.78 Å². The summed E-state index contributed by atoms with van der Waals surface area (Å²) in [7, 11) is 5.72. The molecule has 2 aliphatic rings. The number of aliphatic carboxylic acids is 2. The fourth-order valence-corrected chi connectivity index (χ4v) is 9.76. The van der Waals surface area contributed by atoms with Crippen molar-refractivity contribution in [2.24, 2.45) is 0 Å². The minimum atomic E-state index is -1.13. The lowest BCUT2D eigenvalue weighted by Gasteiger charge is -2.23. The molecule has 0 aromatic heterocycles. The fourth-order valence-electron chi connectivity index (χ4n) is 6.14. The van der Waals surface area contributed by atoms with Crippen LogP contribution in [-0.2, 0) is 14.4 Å². The molecule has 4 atom stereocenters. The third kappa shape index (κ3) is 9.37. The van der Waals surface area contributed by atoms with Gasteiger partial charge in [0.05, 0.1) is 78.4 Å². The van der Waals surface area contributed by atoms with Gasteiger partial charge in [-0.1, -0.05) is 35.4 Å². The van der Waals surface area contributed by atoms with Gasteiger partial charge in [0.2, 0.25) is 5.91 Å². The number of amides is 1. The van der Waals surface area contributed by atoms with E-state index in [9.17, 15) is 29.0 Å². The van der Waals surface area contributed by atoms with E-state index in [0.29, 0.717) is 49.0 Å². The summed E-state index contributed by atoms with van der Waals surface area (Å²) in [6.45, 7) is 0. The van der Waals surface area contributed by atoms with E-state index in [0.717, 1.165) is 11.8 Å². The molecule has 0 radical (unpaired) electrons. The third-order valence-corrected chi connectivity index (χ3v) is 12.6. The van der Waals surface area contributed by atoms with Gasteiger partial charge >= 0.3 is 11.9 Å². The van der Waals surface area contributed by atoms with Gasteiger partial charge in [0.1, 0.15) is 11.6 Å². The number of thioether (sulfide) groups is 2. The van der Waals surface area contributed by atoms with Gasteiger partial charge in [-0.05, 0) is 71.8 Å². The second kappa shape index (κ2) is 18.6. The molecule has 11 nitrogen and oxygen atoms in total. The number of thiocarbonyl (C=S) groups is 1. The number of carbonyl (C=O) groups excluding carboxylic acids is 1. The van der Waals surface area contributed by atoms with Crippen molar-refractivity contribution in [2.75, 3.05) is 39.1 Å². The Kier molecular flexibility index (Phi) is 14.2. The van der Waals surface area contributed by atoms with Crippen LogP contribution in [0.3, 0.4) is 0 Å². The number of carboxylic acids is 2. The number of halogens is 4. The molecular weight excluding hydrogens is 834 g/mol. The highest BCUT2D eigenvalue weighted by molar-refractivity contribution is 8.02. The Morgan fingerprint density at radius 1 is 0.696 bits per heavy atom. The average molecular weight is 868 g/mol. The van der Waals surface area contributed by atoms with Crippen molar-refractivity contribution < 1.29 is 52.3 Å². The number of ether oxygens (including phenoxy) is 4. The summed E-state index contributed by atoms with van der Waals surface area (Å²) >= 11 is 20.0. The van der Waals surface area contributed by atoms with E-state index < -0.39 is 56.9 Å². The first-order valence-corrected chi connectivity index (χ1v) is 19.5. The zero-order chi connectivity index (χ0) is 40.8. The number of hydrogen-bond acceptors (Lipinski definition) is 10. The summed E-state index contributed by atoms with van der Waals surface area (Å²) in [5.41, 5.74) is 2.70. The molecule has 2 aliphatic heterocycles. The van der Waals surface area contributed by atoms with Crippen LogP contribution in [-0.4, -0.2) is 72.0 Å². The average Bonchev–Trinajstić information content (AvgIpc) is 3.37. The first-order chi connectivity index (χ1) is 26.7. The highest BCUT2D eigenvalue weighted by Crippen LogP contribution is 2.52. The number of rotatable bonds is 10. The van der Waals surface area contributed by atoms with Crippen LogP contribution in [0.4, 0.5) is 20.2 Å². The van der Waals surface area contributed by atoms with E-state index in [4.69, 9.17) is 54.4 Å². The number of methoxy groups -OCH3 is 4. The molecule has 0 saturated heterocycles. The Morgan fingerprint density at radius 2 is 1.12 bits per heavy atom. The molecule has 4 aromatic rings. The standard InChI is InChI=1S/C19H17ClFNO5S.C19H17ClFNO4S2/c1-26-13-6-4-11(21)16(17(13)27-2)18-10-7-9(20)3-5-12(10)22-19(25)14(28-18)8-15(23)24;1-25-13-6-4-11(21)16(17(13)26-2)18-10-7-9(20)3-5-12(10)22-19(27)14(28-18)8-15(23)24/h3-7,14,18H,8H2,1-2H3,(H,22,25)(H,23,24);3-7,14,18H,8H2,1-2H3,(H,22,27)(H,23,24)/t2*14-,18+/m00/s1. The maximum absolute atomic E-state index is 15.0. The summed E-state index contributed by atoms with van der Waals surface area (Å²) in [5.74, 6) is -2.55. The van der Waals surface area contributed by atoms with Crippen LogP contribution < -0.4 is 29.6 Å². The molecule has 0 unspecified atom stereocenters. The molecular formula is C38H34Cl2F2N2O9S3. The third-order valence-electron chi connectivity index (χ3n) is 8.60. The van der Waals surface area contributed by atoms with Crippen LogP contribution in [0.1, 0.15) is 45.6 Å². The lowest BCUT2D eigenvalue weighted by atomic mass is 10.0. The zero-order valence-corrected chi connectivity index (χ0v) is 33.9. The zero-order valence-electron chi connectivity index (χ0n) is 30.0. The van der Waals surface area contributed by atoms with Crippen molar-refractivity contribution >= 4 is 93.2 Å². The first kappa shape index (κ1) is 42.7. The lowest BCUT2D eigenvalue weighted by molar-refractivity contribution is -0.138. The Bertz CT molecular complexity index is 2030. The maximum atomic E-state index is 15.0. The predicted octanol–water partition coefficient (Wildman–Crippen LogP) is 9.03. The lowest BCUT2D eigenvalue weighted by Crippen LogP contribution is -2.26. The van der Waals surface area contributed by atoms with Crippen LogP contribution in [0.25, 0.3) is 0 Å². The summed E-state index contributed by atoms with van der Waals surface area (Å²) in [6, 6.07) is 15.4. The maximum Gasteiger partial charge on any atom is 0.305 e. The second-order valence-electron chi connectivity index (χ2n) is 12.0. The van der Waals surface area contributed by atoms with E-state index >= 15 is 4.39 Å². The molecule has 6 rings (SSSR count). The topological polar surface area (TPSA) is 153 Å². The van der Waals surface area contributed by atoms with Gasteiger partial charge in [0.25, 0.3) is 0 Å². The molecule has 0 spiro atoms. The molecule has 56 heavy (non-hydrogen) atoms. The number of fused-ring (bicyclic) bond motifs is 2. The molecule has 0 aliphatic carbocycles. The SMILES string of the molecule is COc1ccc(F)c([C@@H]2S[C@@H](CC(=O)O)C(=O)Nc3ccc(Cl)cc32)c1OC.COc1ccc(F)c([C@@H]2S[C@@H](CC(=O)O)C(=S)Nc3ccc(Cl)cc32)c1OC. The van der Waals surface area contributed by atoms with Crippen LogP contribution in [0, 0.1) is 11.6 Å². The van der Waals surface area contributed by atoms with Crippen LogP contribution >= 0.6 is 58.9 Å². The molecule has 18 heteroatoms. The Labute approximate surface area is 344 Å². The van der Waals surface area contributed by atoms with Crippen molar-refractivity contribution in [1.29, 1.82) is 0 Å². The summed E-state index contributed by atoms with van der Waals surface area (Å²) in [4.78, 5) is 35.5. The number of carboxylic acid groups (broad SMARTS) is 2. The predicted molar refractivity (Wildman–Crippen MR) is 218 cm³/mol. The number of anilines is 2. The van der Waals surface area contributed by atoms with E-state index in [1.165, 1.54) is 64.5 Å². The summed E-state index contributed by atoms with van der Waals surface area (Å²) < 4.78 is 51.4. The van der Waals surface area contributed by atoms with E-state index in [1.807, 2.05) is 0 Å². The second-order valence-corrected chi connectivity index (χ2v) is 16.0. The van der Waals surface area contributed by atoms with Crippen molar-refractivity contribution in [3.63, 3.8) is 0 Å². The van der Waals surface area contributed by atoms with Crippen LogP contribution in [0.15, 0.2) is 60.7 Å². The number of nitrogens with one attached hydrogen (secondary N) is 2. The Morgan fingerprint density at radius 3 is 1.55 bits per heavy atom. The number of carbonyl (C=O) groups is 3. The van der Waals surface area contributed by atoms with Gasteiger partial charge in [-0.2, -0.15) is 0 Å². The number of hydrogen-bond donors (Lipinski definition) is 4. The summed E-state index contributed by atoms with van der Waals surface area (Å²) in [5, 5.41) is 22.3. The first-order valence-electron chi connectivity index (χ1n) is 16.5. The molecule has 0 bridgehead atoms. The largest absolute Gasteiger partial charge is 0.493 e. The molecule has 296 valence electrons. The van der Waals surface area contributed by atoms with E-state index in [1.54, 1.807) is 36.4 Å². The van der Waals surface area contributed by atoms with Gasteiger partial charge < -0.3 is 39.8 Å². The molecule has 0 saturated carbocycles. The van der Waals surface area contributed by atoms with Crippen LogP contribution in [0.2, 0.25) is 10.0 Å². The number of benzene rings is 4. The normalized spacial score (nSPS) is 18.6. The van der Waals surface area contributed by atoms with Gasteiger partial charge in [0, 0.05) is 21.4 Å². The Hall–Kier alpha value is -4.48. The van der Waals surface area contributed by atoms with Crippen LogP contribution in [0.5, 0.6) is 23.0 Å². The monoisotopic (exact) mass is 866 g/mol. The van der Waals surface area contributed by atoms with Crippen molar-refractivity contribution in [2.45, 2.75) is 33.8 Å². The van der Waals surface area contributed by atoms with E-state index in [2.05, 4.69) is 10.6 Å². The van der Waals surface area contributed by atoms with Gasteiger partial charge in [0.15, 0.2) is 23.0 Å². The minimum Gasteiger partial charge on any atom is -0.493 e. The molecule has 4 aromatic carbocycles.